The fourth-order valence-electron chi connectivity index (χ4n) is 2.48. The van der Waals surface area contributed by atoms with E-state index in [-0.39, 0.29) is 42.6 Å². The molecule has 1 saturated heterocycles. The summed E-state index contributed by atoms with van der Waals surface area (Å²) in [4.78, 5) is 20.7. The fourth-order valence-corrected chi connectivity index (χ4v) is 2.48. The zero-order valence-electron chi connectivity index (χ0n) is 12.5. The number of amides is 1. The van der Waals surface area contributed by atoms with Crippen molar-refractivity contribution in [3.63, 3.8) is 0 Å². The summed E-state index contributed by atoms with van der Waals surface area (Å²) in [6.45, 7) is 5.69. The van der Waals surface area contributed by atoms with Gasteiger partial charge in [0.05, 0.1) is 0 Å². The minimum absolute atomic E-state index is 0. The van der Waals surface area contributed by atoms with Crippen LogP contribution >= 0.6 is 24.8 Å². The Kier molecular flexibility index (Phi) is 6.52. The number of hydrogen-bond acceptors (Lipinski definition) is 5. The van der Waals surface area contributed by atoms with Crippen LogP contribution in [0.15, 0.2) is 6.07 Å². The smallest absolute Gasteiger partial charge is 0.291 e. The molecule has 1 aliphatic heterocycles. The van der Waals surface area contributed by atoms with Gasteiger partial charge in [0, 0.05) is 17.4 Å². The number of carbonyl (C=O) groups excluding carboxylic acids is 1. The van der Waals surface area contributed by atoms with Gasteiger partial charge in [0.15, 0.2) is 0 Å². The van der Waals surface area contributed by atoms with Gasteiger partial charge in [-0.25, -0.2) is 9.50 Å². The quantitative estimate of drug-likeness (QED) is 0.849. The number of fused-ring (bicyclic) bond motifs is 1. The van der Waals surface area contributed by atoms with E-state index in [4.69, 9.17) is 0 Å². The Balaban J connectivity index is 0.00000121. The number of nitrogens with one attached hydrogen (secondary N) is 2. The van der Waals surface area contributed by atoms with Crippen molar-refractivity contribution in [1.82, 2.24) is 30.2 Å². The average Bonchev–Trinajstić information content (AvgIpc) is 2.84. The number of hydrogen-bond donors (Lipinski definition) is 2. The van der Waals surface area contributed by atoms with E-state index in [1.165, 1.54) is 0 Å². The van der Waals surface area contributed by atoms with Gasteiger partial charge < -0.3 is 10.6 Å². The summed E-state index contributed by atoms with van der Waals surface area (Å²) in [5.41, 5.74) is 1.79. The molecule has 2 aromatic heterocycles. The summed E-state index contributed by atoms with van der Waals surface area (Å²) in [6.07, 6.45) is 1.88. The standard InChI is InChI=1S/C13H18N6O.2ClH/c1-8-7-9(2)19-13(15-8)17-11(18-19)12(20)16-10-3-5-14-6-4-10;;/h7,10,14H,3-6H2,1-2H3,(H,16,20);2*1H. The second-order valence-electron chi connectivity index (χ2n) is 5.18. The van der Waals surface area contributed by atoms with Crippen molar-refractivity contribution in [3.05, 3.63) is 23.3 Å². The second-order valence-corrected chi connectivity index (χ2v) is 5.18. The molecule has 0 radical (unpaired) electrons. The molecular weight excluding hydrogens is 327 g/mol. The first-order chi connectivity index (χ1) is 9.63. The fraction of sp³-hybridized carbons (Fsp3) is 0.538. The van der Waals surface area contributed by atoms with Gasteiger partial charge >= 0.3 is 0 Å². The van der Waals surface area contributed by atoms with Gasteiger partial charge in [-0.3, -0.25) is 4.79 Å². The van der Waals surface area contributed by atoms with Crippen molar-refractivity contribution in [2.24, 2.45) is 0 Å². The van der Waals surface area contributed by atoms with E-state index in [2.05, 4.69) is 25.7 Å². The van der Waals surface area contributed by atoms with Crippen LogP contribution in [-0.4, -0.2) is 44.6 Å². The number of aryl methyl sites for hydroxylation is 2. The van der Waals surface area contributed by atoms with Crippen LogP contribution in [0.4, 0.5) is 0 Å². The summed E-state index contributed by atoms with van der Waals surface area (Å²) in [5, 5.41) is 10.5. The Morgan fingerprint density at radius 1 is 1.27 bits per heavy atom. The third-order valence-corrected chi connectivity index (χ3v) is 3.50. The van der Waals surface area contributed by atoms with Crippen LogP contribution in [0.5, 0.6) is 0 Å². The molecule has 22 heavy (non-hydrogen) atoms. The molecule has 122 valence electrons. The molecule has 1 amide bonds. The summed E-state index contributed by atoms with van der Waals surface area (Å²) in [6, 6.07) is 2.11. The molecule has 7 nitrogen and oxygen atoms in total. The van der Waals surface area contributed by atoms with E-state index in [1.807, 2.05) is 19.9 Å². The van der Waals surface area contributed by atoms with Gasteiger partial charge in [-0.15, -0.1) is 29.9 Å². The molecule has 3 rings (SSSR count). The molecule has 1 aliphatic rings. The molecule has 9 heteroatoms. The number of aromatic nitrogens is 4. The predicted octanol–water partition coefficient (Wildman–Crippen LogP) is 1.07. The molecular formula is C13H20Cl2N6O. The molecule has 0 saturated carbocycles. The molecule has 1 fully saturated rings. The molecule has 0 atom stereocenters. The Morgan fingerprint density at radius 2 is 1.95 bits per heavy atom. The van der Waals surface area contributed by atoms with E-state index in [9.17, 15) is 4.79 Å². The first kappa shape index (κ1) is 18.6. The number of carbonyl (C=O) groups is 1. The van der Waals surface area contributed by atoms with Crippen molar-refractivity contribution in [3.8, 4) is 0 Å². The third kappa shape index (κ3) is 3.85. The summed E-state index contributed by atoms with van der Waals surface area (Å²) < 4.78 is 1.60. The minimum atomic E-state index is -0.223. The van der Waals surface area contributed by atoms with Crippen LogP contribution in [0.2, 0.25) is 0 Å². The van der Waals surface area contributed by atoms with Crippen LogP contribution in [-0.2, 0) is 0 Å². The largest absolute Gasteiger partial charge is 0.346 e. The van der Waals surface area contributed by atoms with Gasteiger partial charge in [0.25, 0.3) is 11.7 Å². The van der Waals surface area contributed by atoms with Crippen LogP contribution in [0.3, 0.4) is 0 Å². The lowest BCUT2D eigenvalue weighted by atomic mass is 10.1. The highest BCUT2D eigenvalue weighted by molar-refractivity contribution is 5.91. The Bertz CT molecular complexity index is 653. The van der Waals surface area contributed by atoms with Crippen LogP contribution in [0.25, 0.3) is 5.78 Å². The summed E-state index contributed by atoms with van der Waals surface area (Å²) in [5.74, 6) is 0.433. The van der Waals surface area contributed by atoms with E-state index in [0.29, 0.717) is 5.78 Å². The normalized spacial score (nSPS) is 15.0. The van der Waals surface area contributed by atoms with Crippen LogP contribution in [0, 0.1) is 13.8 Å². The van der Waals surface area contributed by atoms with Gasteiger partial charge in [-0.05, 0) is 45.8 Å². The first-order valence-electron chi connectivity index (χ1n) is 6.86. The molecule has 0 aliphatic carbocycles. The Hall–Kier alpha value is -1.44. The summed E-state index contributed by atoms with van der Waals surface area (Å²) in [7, 11) is 0. The highest BCUT2D eigenvalue weighted by Gasteiger charge is 2.20. The maximum atomic E-state index is 12.2. The minimum Gasteiger partial charge on any atom is -0.346 e. The lowest BCUT2D eigenvalue weighted by Gasteiger charge is -2.22. The van der Waals surface area contributed by atoms with Gasteiger partial charge in [-0.1, -0.05) is 0 Å². The molecule has 3 heterocycles. The van der Waals surface area contributed by atoms with Crippen LogP contribution in [0.1, 0.15) is 34.8 Å². The SMILES string of the molecule is Cc1cc(C)n2nc(C(=O)NC3CCNCC3)nc2n1.Cl.Cl. The van der Waals surface area contributed by atoms with Crippen molar-refractivity contribution < 1.29 is 4.79 Å². The second kappa shape index (κ2) is 7.71. The number of piperidine rings is 1. The molecule has 0 spiro atoms. The molecule has 0 unspecified atom stereocenters. The molecule has 0 bridgehead atoms. The first-order valence-corrected chi connectivity index (χ1v) is 6.86. The molecule has 0 aromatic carbocycles. The average molecular weight is 347 g/mol. The van der Waals surface area contributed by atoms with Gasteiger partial charge in [-0.2, -0.15) is 4.98 Å². The van der Waals surface area contributed by atoms with Crippen molar-refractivity contribution in [1.29, 1.82) is 0 Å². The van der Waals surface area contributed by atoms with E-state index in [1.54, 1.807) is 4.52 Å². The van der Waals surface area contributed by atoms with Crippen LogP contribution < -0.4 is 10.6 Å². The topological polar surface area (TPSA) is 84.2 Å². The van der Waals surface area contributed by atoms with Gasteiger partial charge in [0.1, 0.15) is 0 Å². The highest BCUT2D eigenvalue weighted by atomic mass is 35.5. The Labute approximate surface area is 141 Å². The lowest BCUT2D eigenvalue weighted by molar-refractivity contribution is 0.0919. The van der Waals surface area contributed by atoms with Crippen molar-refractivity contribution in [2.45, 2.75) is 32.7 Å². The molecule has 2 aromatic rings. The van der Waals surface area contributed by atoms with E-state index < -0.39 is 0 Å². The zero-order chi connectivity index (χ0) is 14.1. The zero-order valence-corrected chi connectivity index (χ0v) is 14.1. The molecule has 2 N–H and O–H groups in total. The van der Waals surface area contributed by atoms with E-state index in [0.717, 1.165) is 37.3 Å². The predicted molar refractivity (Wildman–Crippen MR) is 88.1 cm³/mol. The van der Waals surface area contributed by atoms with E-state index >= 15 is 0 Å². The number of halogens is 2. The van der Waals surface area contributed by atoms with Crippen molar-refractivity contribution >= 4 is 36.5 Å². The maximum Gasteiger partial charge on any atom is 0.291 e. The Morgan fingerprint density at radius 3 is 2.64 bits per heavy atom. The number of rotatable bonds is 2. The third-order valence-electron chi connectivity index (χ3n) is 3.50. The monoisotopic (exact) mass is 346 g/mol. The summed E-state index contributed by atoms with van der Waals surface area (Å²) >= 11 is 0. The van der Waals surface area contributed by atoms with Crippen molar-refractivity contribution in [2.75, 3.05) is 13.1 Å². The van der Waals surface area contributed by atoms with Gasteiger partial charge in [0.2, 0.25) is 5.82 Å². The highest BCUT2D eigenvalue weighted by Crippen LogP contribution is 2.07. The maximum absolute atomic E-state index is 12.2. The number of nitrogens with zero attached hydrogens (tertiary/aromatic N) is 4. The lowest BCUT2D eigenvalue weighted by Crippen LogP contribution is -2.43.